The molecule has 1 aromatic heterocycles. The van der Waals surface area contributed by atoms with Crippen molar-refractivity contribution in [3.05, 3.63) is 16.6 Å². The van der Waals surface area contributed by atoms with E-state index in [0.29, 0.717) is 6.54 Å². The van der Waals surface area contributed by atoms with Crippen molar-refractivity contribution in [3.8, 4) is 0 Å². The van der Waals surface area contributed by atoms with Crippen LogP contribution in [-0.4, -0.2) is 16.6 Å². The Morgan fingerprint density at radius 3 is 3.18 bits per heavy atom. The zero-order valence-electron chi connectivity index (χ0n) is 5.78. The normalized spacial score (nSPS) is 9.55. The lowest BCUT2D eigenvalue weighted by Gasteiger charge is -1.98. The lowest BCUT2D eigenvalue weighted by atomic mass is 10.5. The van der Waals surface area contributed by atoms with Crippen LogP contribution in [0.15, 0.2) is 11.7 Å². The first kappa shape index (κ1) is 8.55. The average Bonchev–Trinajstić information content (AvgIpc) is 2.52. The van der Waals surface area contributed by atoms with Gasteiger partial charge in [0.25, 0.3) is 0 Å². The van der Waals surface area contributed by atoms with Crippen LogP contribution in [0.25, 0.3) is 0 Å². The zero-order valence-corrected chi connectivity index (χ0v) is 7.49. The average molecular weight is 188 g/mol. The Morgan fingerprint density at radius 2 is 2.64 bits per heavy atom. The van der Waals surface area contributed by atoms with Crippen molar-refractivity contribution in [1.29, 1.82) is 0 Å². The summed E-state index contributed by atoms with van der Waals surface area (Å²) in [7, 11) is 0. The molecule has 0 saturated carbocycles. The van der Waals surface area contributed by atoms with E-state index in [1.165, 1.54) is 11.3 Å². The van der Waals surface area contributed by atoms with Crippen LogP contribution in [0.5, 0.6) is 0 Å². The van der Waals surface area contributed by atoms with Crippen molar-refractivity contribution in [2.24, 2.45) is 0 Å². The largest absolute Gasteiger partial charge is 0.350 e. The Hall–Kier alpha value is -0.550. The molecule has 5 heteroatoms. The molecule has 1 heterocycles. The molecule has 0 radical (unpaired) electrons. The molecule has 3 nitrogen and oxygen atoms in total. The maximum Gasteiger partial charge on any atom is 0.230 e. The van der Waals surface area contributed by atoms with E-state index >= 15 is 0 Å². The monoisotopic (exact) mass is 188 g/mol. The third-order valence-corrected chi connectivity index (χ3v) is 2.15. The molecule has 0 unspecified atom stereocenters. The molecule has 60 valence electrons. The molecule has 1 N–H and O–H groups in total. The van der Waals surface area contributed by atoms with Crippen LogP contribution in [0.4, 0.5) is 0 Å². The molecule has 0 atom stereocenters. The van der Waals surface area contributed by atoms with Crippen molar-refractivity contribution < 1.29 is 4.79 Å². The first-order valence-electron chi connectivity index (χ1n) is 3.08. The van der Waals surface area contributed by atoms with E-state index in [0.717, 1.165) is 4.88 Å². The highest BCUT2D eigenvalue weighted by Gasteiger charge is 1.97. The van der Waals surface area contributed by atoms with Gasteiger partial charge in [-0.05, 0) is 0 Å². The summed E-state index contributed by atoms with van der Waals surface area (Å²) >= 11 is 5.35. The molecule has 0 aromatic carbocycles. The molecular weight excluding hydrogens is 180 g/mol. The molecule has 0 bridgehead atoms. The SMILES string of the molecule is O=C(CS)NCc1cncs1. The Bertz CT molecular complexity index is 222. The summed E-state index contributed by atoms with van der Waals surface area (Å²) in [4.78, 5) is 15.6. The van der Waals surface area contributed by atoms with E-state index in [2.05, 4.69) is 22.9 Å². The lowest BCUT2D eigenvalue weighted by Crippen LogP contribution is -2.23. The van der Waals surface area contributed by atoms with Crippen LogP contribution in [0.2, 0.25) is 0 Å². The molecule has 1 rings (SSSR count). The Kier molecular flexibility index (Phi) is 3.38. The molecule has 0 aliphatic carbocycles. The van der Waals surface area contributed by atoms with Crippen LogP contribution in [0.3, 0.4) is 0 Å². The first-order valence-corrected chi connectivity index (χ1v) is 4.59. The third-order valence-electron chi connectivity index (χ3n) is 1.09. The summed E-state index contributed by atoms with van der Waals surface area (Å²) in [6.45, 7) is 0.560. The second kappa shape index (κ2) is 4.35. The van der Waals surface area contributed by atoms with E-state index in [-0.39, 0.29) is 11.7 Å². The number of aromatic nitrogens is 1. The van der Waals surface area contributed by atoms with Crippen molar-refractivity contribution in [1.82, 2.24) is 10.3 Å². The van der Waals surface area contributed by atoms with Gasteiger partial charge in [-0.2, -0.15) is 12.6 Å². The van der Waals surface area contributed by atoms with E-state index < -0.39 is 0 Å². The van der Waals surface area contributed by atoms with Gasteiger partial charge in [-0.25, -0.2) is 0 Å². The molecule has 0 aliphatic rings. The smallest absolute Gasteiger partial charge is 0.230 e. The molecule has 1 amide bonds. The van der Waals surface area contributed by atoms with Crippen molar-refractivity contribution in [2.75, 3.05) is 5.75 Å². The summed E-state index contributed by atoms with van der Waals surface area (Å²) in [6.07, 6.45) is 1.74. The Morgan fingerprint density at radius 1 is 1.82 bits per heavy atom. The first-order chi connectivity index (χ1) is 5.33. The Labute approximate surface area is 74.3 Å². The predicted octanol–water partition coefficient (Wildman–Crippen LogP) is 0.689. The van der Waals surface area contributed by atoms with Gasteiger partial charge in [-0.3, -0.25) is 9.78 Å². The van der Waals surface area contributed by atoms with Gasteiger partial charge in [0.15, 0.2) is 0 Å². The van der Waals surface area contributed by atoms with Crippen molar-refractivity contribution >= 4 is 29.9 Å². The minimum absolute atomic E-state index is 0.0540. The maximum absolute atomic E-state index is 10.7. The van der Waals surface area contributed by atoms with Gasteiger partial charge in [-0.15, -0.1) is 11.3 Å². The fourth-order valence-electron chi connectivity index (χ4n) is 0.571. The van der Waals surface area contributed by atoms with Gasteiger partial charge in [0.1, 0.15) is 0 Å². The summed E-state index contributed by atoms with van der Waals surface area (Å²) in [5.41, 5.74) is 1.74. The van der Waals surface area contributed by atoms with Gasteiger partial charge < -0.3 is 5.32 Å². The third kappa shape index (κ3) is 2.90. The van der Waals surface area contributed by atoms with Crippen molar-refractivity contribution in [2.45, 2.75) is 6.54 Å². The fraction of sp³-hybridized carbons (Fsp3) is 0.333. The van der Waals surface area contributed by atoms with E-state index in [1.807, 2.05) is 0 Å². The minimum Gasteiger partial charge on any atom is -0.350 e. The molecule has 0 fully saturated rings. The van der Waals surface area contributed by atoms with Crippen LogP contribution >= 0.6 is 24.0 Å². The summed E-state index contributed by atoms with van der Waals surface area (Å²) in [6, 6.07) is 0. The summed E-state index contributed by atoms with van der Waals surface area (Å²) in [5.74, 6) is 0.181. The second-order valence-electron chi connectivity index (χ2n) is 1.90. The topological polar surface area (TPSA) is 42.0 Å². The minimum atomic E-state index is -0.0540. The number of nitrogens with zero attached hydrogens (tertiary/aromatic N) is 1. The molecular formula is C6H8N2OS2. The van der Waals surface area contributed by atoms with Gasteiger partial charge >= 0.3 is 0 Å². The lowest BCUT2D eigenvalue weighted by molar-refractivity contribution is -0.118. The standard InChI is InChI=1S/C6H8N2OS2/c9-6(3-10)8-2-5-1-7-4-11-5/h1,4,10H,2-3H2,(H,8,9). The Balaban J connectivity index is 2.29. The van der Waals surface area contributed by atoms with E-state index in [1.54, 1.807) is 11.7 Å². The summed E-state index contributed by atoms with van der Waals surface area (Å²) in [5, 5.41) is 2.69. The van der Waals surface area contributed by atoms with Crippen LogP contribution in [0, 0.1) is 0 Å². The molecule has 11 heavy (non-hydrogen) atoms. The van der Waals surface area contributed by atoms with E-state index in [4.69, 9.17) is 0 Å². The molecule has 0 spiro atoms. The van der Waals surface area contributed by atoms with Gasteiger partial charge in [0.2, 0.25) is 5.91 Å². The highest BCUT2D eigenvalue weighted by molar-refractivity contribution is 7.81. The number of nitrogens with one attached hydrogen (secondary N) is 1. The number of amides is 1. The van der Waals surface area contributed by atoms with Crippen LogP contribution < -0.4 is 5.32 Å². The van der Waals surface area contributed by atoms with Gasteiger partial charge in [0.05, 0.1) is 17.8 Å². The number of rotatable bonds is 3. The van der Waals surface area contributed by atoms with Gasteiger partial charge in [-0.1, -0.05) is 0 Å². The number of hydrogen-bond donors (Lipinski definition) is 2. The van der Waals surface area contributed by atoms with Crippen molar-refractivity contribution in [3.63, 3.8) is 0 Å². The fourth-order valence-corrected chi connectivity index (χ4v) is 1.22. The molecule has 0 saturated heterocycles. The number of hydrogen-bond acceptors (Lipinski definition) is 4. The zero-order chi connectivity index (χ0) is 8.10. The second-order valence-corrected chi connectivity index (χ2v) is 3.19. The summed E-state index contributed by atoms with van der Waals surface area (Å²) < 4.78 is 0. The van der Waals surface area contributed by atoms with Crippen LogP contribution in [0.1, 0.15) is 4.88 Å². The number of carbonyl (C=O) groups excluding carboxylic acids is 1. The predicted molar refractivity (Wildman–Crippen MR) is 47.8 cm³/mol. The van der Waals surface area contributed by atoms with Crippen LogP contribution in [-0.2, 0) is 11.3 Å². The molecule has 1 aromatic rings. The quantitative estimate of drug-likeness (QED) is 0.685. The van der Waals surface area contributed by atoms with Gasteiger partial charge in [0, 0.05) is 11.1 Å². The highest BCUT2D eigenvalue weighted by Crippen LogP contribution is 2.03. The highest BCUT2D eigenvalue weighted by atomic mass is 32.1. The number of thiol groups is 1. The molecule has 0 aliphatic heterocycles. The number of carbonyl (C=O) groups is 1. The maximum atomic E-state index is 10.7. The number of thiazole rings is 1. The van der Waals surface area contributed by atoms with E-state index in [9.17, 15) is 4.79 Å².